The lowest BCUT2D eigenvalue weighted by atomic mass is 10.0. The topological polar surface area (TPSA) is 57.4 Å². The van der Waals surface area contributed by atoms with Crippen molar-refractivity contribution in [2.24, 2.45) is 0 Å². The molecule has 8 aromatic rings. The Kier molecular flexibility index (Phi) is 9.05. The van der Waals surface area contributed by atoms with Gasteiger partial charge < -0.3 is 9.97 Å². The number of aryl methyl sites for hydroxylation is 3. The number of fused-ring (bicyclic) bond motifs is 8. The molecule has 5 heterocycles. The standard InChI is InChI=1S/C55H40N4/c1-35-12-20-40(21-13-35)52-44-26-28-46(56-44)53(41-22-14-36(2)15-23-41)48-30-32-50(58-48)55(43-11-7-10-39(34-43)19-18-38-8-5-4-6-9-38)51-33-31-49(59-51)54(47-29-27-45(52)57-47)42-24-16-37(3)17-25-42/h4-17,20-34,56,59H,1-3H3. The number of H-pyrrole nitrogens is 2. The molecule has 0 unspecified atom stereocenters. The van der Waals surface area contributed by atoms with Crippen LogP contribution in [0.15, 0.2) is 152 Å². The summed E-state index contributed by atoms with van der Waals surface area (Å²) in [5.74, 6) is 6.75. The van der Waals surface area contributed by atoms with Gasteiger partial charge in [-0.25, -0.2) is 9.97 Å². The fourth-order valence-corrected chi connectivity index (χ4v) is 8.00. The first-order valence-corrected chi connectivity index (χ1v) is 20.0. The molecule has 0 fully saturated rings. The number of aromatic amines is 2. The zero-order valence-electron chi connectivity index (χ0n) is 33.1. The summed E-state index contributed by atoms with van der Waals surface area (Å²) in [6.07, 6.45) is 8.58. The first-order chi connectivity index (χ1) is 28.9. The maximum atomic E-state index is 5.48. The number of aromatic nitrogens is 4. The fourth-order valence-electron chi connectivity index (χ4n) is 8.00. The molecule has 5 aromatic carbocycles. The quantitative estimate of drug-likeness (QED) is 0.176. The Labute approximate surface area is 344 Å². The van der Waals surface area contributed by atoms with E-state index in [2.05, 4.69) is 188 Å². The number of benzene rings is 5. The second-order valence-corrected chi connectivity index (χ2v) is 15.3. The van der Waals surface area contributed by atoms with E-state index < -0.39 is 0 Å². The van der Waals surface area contributed by atoms with Crippen molar-refractivity contribution in [3.05, 3.63) is 202 Å². The highest BCUT2D eigenvalue weighted by Crippen LogP contribution is 2.38. The molecule has 8 bridgehead atoms. The molecule has 0 saturated heterocycles. The molecular weight excluding hydrogens is 717 g/mol. The van der Waals surface area contributed by atoms with E-state index in [0.29, 0.717) is 0 Å². The van der Waals surface area contributed by atoms with Crippen LogP contribution in [0.1, 0.15) is 50.6 Å². The minimum Gasteiger partial charge on any atom is -0.354 e. The summed E-state index contributed by atoms with van der Waals surface area (Å²) < 4.78 is 0. The van der Waals surface area contributed by atoms with E-state index in [1.54, 1.807) is 0 Å². The molecule has 0 radical (unpaired) electrons. The number of hydrogen-bond donors (Lipinski definition) is 2. The summed E-state index contributed by atoms with van der Waals surface area (Å²) in [6.45, 7) is 6.36. The zero-order chi connectivity index (χ0) is 39.9. The van der Waals surface area contributed by atoms with Gasteiger partial charge in [0.15, 0.2) is 0 Å². The van der Waals surface area contributed by atoms with Crippen LogP contribution in [0.2, 0.25) is 0 Å². The van der Waals surface area contributed by atoms with Crippen molar-refractivity contribution < 1.29 is 0 Å². The molecule has 0 aliphatic carbocycles. The van der Waals surface area contributed by atoms with Crippen LogP contribution in [-0.2, 0) is 0 Å². The van der Waals surface area contributed by atoms with E-state index in [0.717, 1.165) is 100 Å². The van der Waals surface area contributed by atoms with Crippen molar-refractivity contribution in [2.75, 3.05) is 0 Å². The summed E-state index contributed by atoms with van der Waals surface area (Å²) in [6, 6.07) is 53.4. The molecule has 3 aromatic heterocycles. The molecule has 0 atom stereocenters. The maximum absolute atomic E-state index is 5.48. The number of nitrogens with zero attached hydrogens (tertiary/aromatic N) is 2. The second kappa shape index (κ2) is 15.0. The van der Waals surface area contributed by atoms with Gasteiger partial charge in [0.25, 0.3) is 0 Å². The molecule has 10 rings (SSSR count). The van der Waals surface area contributed by atoms with Gasteiger partial charge >= 0.3 is 0 Å². The molecule has 0 saturated carbocycles. The van der Waals surface area contributed by atoms with Crippen LogP contribution in [0.3, 0.4) is 0 Å². The van der Waals surface area contributed by atoms with Crippen molar-refractivity contribution in [3.63, 3.8) is 0 Å². The van der Waals surface area contributed by atoms with Crippen molar-refractivity contribution in [2.45, 2.75) is 20.8 Å². The molecule has 59 heavy (non-hydrogen) atoms. The summed E-state index contributed by atoms with van der Waals surface area (Å²) in [4.78, 5) is 18.7. The Hall–Kier alpha value is -7.74. The van der Waals surface area contributed by atoms with E-state index in [1.165, 1.54) is 16.7 Å². The third kappa shape index (κ3) is 7.01. The molecule has 280 valence electrons. The third-order valence-corrected chi connectivity index (χ3v) is 11.1. The summed E-state index contributed by atoms with van der Waals surface area (Å²) >= 11 is 0. The lowest BCUT2D eigenvalue weighted by Crippen LogP contribution is -1.90. The minimum atomic E-state index is 0.863. The lowest BCUT2D eigenvalue weighted by Gasteiger charge is -2.08. The van der Waals surface area contributed by atoms with Gasteiger partial charge in [-0.2, -0.15) is 0 Å². The van der Waals surface area contributed by atoms with Gasteiger partial charge in [-0.3, -0.25) is 0 Å². The van der Waals surface area contributed by atoms with Crippen LogP contribution >= 0.6 is 0 Å². The highest BCUT2D eigenvalue weighted by Gasteiger charge is 2.19. The van der Waals surface area contributed by atoms with Crippen molar-refractivity contribution in [1.82, 2.24) is 19.9 Å². The average Bonchev–Trinajstić information content (AvgIpc) is 4.11. The van der Waals surface area contributed by atoms with Crippen LogP contribution in [-0.4, -0.2) is 19.9 Å². The molecule has 0 spiro atoms. The Morgan fingerprint density at radius 1 is 0.339 bits per heavy atom. The van der Waals surface area contributed by atoms with E-state index in [-0.39, 0.29) is 0 Å². The highest BCUT2D eigenvalue weighted by molar-refractivity contribution is 6.00. The minimum absolute atomic E-state index is 0.863. The summed E-state index contributed by atoms with van der Waals surface area (Å²) in [5, 5.41) is 0. The molecule has 4 nitrogen and oxygen atoms in total. The van der Waals surface area contributed by atoms with Gasteiger partial charge in [0.1, 0.15) is 0 Å². The molecule has 0 amide bonds. The predicted octanol–water partition coefficient (Wildman–Crippen LogP) is 13.6. The first kappa shape index (κ1) is 35.7. The van der Waals surface area contributed by atoms with Crippen molar-refractivity contribution in [3.8, 4) is 56.3 Å². The summed E-state index contributed by atoms with van der Waals surface area (Å²) in [7, 11) is 0. The third-order valence-electron chi connectivity index (χ3n) is 11.1. The van der Waals surface area contributed by atoms with E-state index in [9.17, 15) is 0 Å². The zero-order valence-corrected chi connectivity index (χ0v) is 33.1. The Morgan fingerprint density at radius 2 is 0.695 bits per heavy atom. The van der Waals surface area contributed by atoms with E-state index >= 15 is 0 Å². The monoisotopic (exact) mass is 756 g/mol. The normalized spacial score (nSPS) is 11.7. The van der Waals surface area contributed by atoms with Gasteiger partial charge in [-0.15, -0.1) is 0 Å². The van der Waals surface area contributed by atoms with Crippen LogP contribution in [0.5, 0.6) is 0 Å². The van der Waals surface area contributed by atoms with Gasteiger partial charge in [-0.05, 0) is 116 Å². The smallest absolute Gasteiger partial charge is 0.0737 e. The summed E-state index contributed by atoms with van der Waals surface area (Å²) in [5.41, 5.74) is 21.3. The SMILES string of the molecule is Cc1ccc(-c2c3nc(c(-c4ccc(C)cc4)c4ccc([nH]4)c(-c4cccc(C#Cc5ccccc5)c4)c4nc(c(-c5ccc(C)cc5)c5ccc2[nH]5)C=C4)C=C3)cc1. The molecule has 2 aliphatic heterocycles. The van der Waals surface area contributed by atoms with Crippen LogP contribution in [0, 0.1) is 32.6 Å². The first-order valence-electron chi connectivity index (χ1n) is 20.0. The average molecular weight is 757 g/mol. The molecule has 4 heteroatoms. The van der Waals surface area contributed by atoms with Gasteiger partial charge in [0.2, 0.25) is 0 Å². The van der Waals surface area contributed by atoms with Crippen LogP contribution in [0.4, 0.5) is 0 Å². The Bertz CT molecular complexity index is 3160. The number of hydrogen-bond acceptors (Lipinski definition) is 2. The Morgan fingerprint density at radius 3 is 1.10 bits per heavy atom. The van der Waals surface area contributed by atoms with E-state index in [4.69, 9.17) is 9.97 Å². The maximum Gasteiger partial charge on any atom is 0.0737 e. The second-order valence-electron chi connectivity index (χ2n) is 15.3. The Balaban J connectivity index is 1.33. The van der Waals surface area contributed by atoms with Gasteiger partial charge in [0, 0.05) is 55.4 Å². The van der Waals surface area contributed by atoms with E-state index in [1.807, 2.05) is 30.3 Å². The van der Waals surface area contributed by atoms with Gasteiger partial charge in [0.05, 0.1) is 22.8 Å². The van der Waals surface area contributed by atoms with Crippen molar-refractivity contribution in [1.29, 1.82) is 0 Å². The van der Waals surface area contributed by atoms with Crippen LogP contribution in [0.25, 0.3) is 90.9 Å². The molecule has 2 N–H and O–H groups in total. The lowest BCUT2D eigenvalue weighted by molar-refractivity contribution is 1.31. The largest absolute Gasteiger partial charge is 0.354 e. The molecule has 2 aliphatic rings. The predicted molar refractivity (Wildman–Crippen MR) is 247 cm³/mol. The van der Waals surface area contributed by atoms with Gasteiger partial charge in [-0.1, -0.05) is 132 Å². The van der Waals surface area contributed by atoms with Crippen molar-refractivity contribution >= 4 is 46.4 Å². The fraction of sp³-hybridized carbons (Fsp3) is 0.0545. The highest BCUT2D eigenvalue weighted by atomic mass is 14.8. The van der Waals surface area contributed by atoms with Crippen LogP contribution < -0.4 is 0 Å². The number of nitrogens with one attached hydrogen (secondary N) is 2. The number of rotatable bonds is 4. The molecular formula is C55H40N4.